The third-order valence-corrected chi connectivity index (χ3v) is 10.3. The molecule has 7 atom stereocenters. The van der Waals surface area contributed by atoms with E-state index in [1.165, 1.54) is 9.80 Å². The average Bonchev–Trinajstić information content (AvgIpc) is 3.50. The van der Waals surface area contributed by atoms with Gasteiger partial charge in [-0.15, -0.1) is 0 Å². The molecule has 3 aromatic carbocycles. The molecule has 1 saturated carbocycles. The van der Waals surface area contributed by atoms with Crippen LogP contribution in [0.1, 0.15) is 12.0 Å². The minimum Gasteiger partial charge on any atom is -0.497 e. The number of rotatable bonds is 5. The monoisotopic (exact) mass is 586 g/mol. The van der Waals surface area contributed by atoms with Crippen molar-refractivity contribution in [3.63, 3.8) is 0 Å². The molecule has 4 amide bonds. The number of fused-ring (bicyclic) bond motifs is 1. The van der Waals surface area contributed by atoms with Gasteiger partial charge in [0.1, 0.15) is 11.5 Å². The van der Waals surface area contributed by atoms with Gasteiger partial charge in [0.25, 0.3) is 0 Å². The number of hydrogen-bond acceptors (Lipinski definition) is 6. The van der Waals surface area contributed by atoms with Gasteiger partial charge >= 0.3 is 0 Å². The first kappa shape index (κ1) is 26.6. The summed E-state index contributed by atoms with van der Waals surface area (Å²) < 4.78 is 10.6. The molecule has 6 aliphatic rings. The van der Waals surface area contributed by atoms with Crippen molar-refractivity contribution in [2.45, 2.75) is 6.42 Å². The fraction of sp³-hybridized carbons (Fsp3) is 0.278. The fourth-order valence-electron chi connectivity index (χ4n) is 8.49. The van der Waals surface area contributed by atoms with Gasteiger partial charge in [-0.25, -0.2) is 0 Å². The number of nitrogens with zero attached hydrogens (tertiary/aromatic N) is 2. The number of carbonyl (C=O) groups is 4. The van der Waals surface area contributed by atoms with Gasteiger partial charge in [0.2, 0.25) is 23.6 Å². The summed E-state index contributed by atoms with van der Waals surface area (Å²) in [6.45, 7) is 0. The summed E-state index contributed by atoms with van der Waals surface area (Å²) in [4.78, 5) is 59.3. The number of amides is 4. The number of hydrogen-bond donors (Lipinski definition) is 0. The van der Waals surface area contributed by atoms with Gasteiger partial charge in [-0.3, -0.25) is 29.0 Å². The second kappa shape index (κ2) is 9.77. The number of methoxy groups -OCH3 is 2. The highest BCUT2D eigenvalue weighted by molar-refractivity contribution is 6.24. The molecule has 2 bridgehead atoms. The summed E-state index contributed by atoms with van der Waals surface area (Å²) >= 11 is 0. The lowest BCUT2D eigenvalue weighted by atomic mass is 9.49. The molecule has 3 aromatic rings. The van der Waals surface area contributed by atoms with Crippen LogP contribution in [0.2, 0.25) is 0 Å². The Kier molecular flexibility index (Phi) is 5.92. The molecular formula is C36H30N2O6. The van der Waals surface area contributed by atoms with Crippen LogP contribution in [0.15, 0.2) is 96.6 Å². The maximum Gasteiger partial charge on any atom is 0.238 e. The highest BCUT2D eigenvalue weighted by atomic mass is 16.5. The number of ether oxygens (including phenoxy) is 2. The molecule has 3 fully saturated rings. The van der Waals surface area contributed by atoms with E-state index < -0.39 is 29.6 Å². The van der Waals surface area contributed by atoms with E-state index in [1.54, 1.807) is 62.8 Å². The molecule has 44 heavy (non-hydrogen) atoms. The maximum atomic E-state index is 14.3. The zero-order valence-electron chi connectivity index (χ0n) is 24.3. The first-order valence-electron chi connectivity index (χ1n) is 14.9. The number of allylic oxidation sites excluding steroid dienone is 4. The van der Waals surface area contributed by atoms with Crippen LogP contribution in [-0.4, -0.2) is 37.8 Å². The molecule has 8 heteroatoms. The smallest absolute Gasteiger partial charge is 0.238 e. The summed E-state index contributed by atoms with van der Waals surface area (Å²) in [6.07, 6.45) is 4.49. The molecule has 0 unspecified atom stereocenters. The lowest BCUT2D eigenvalue weighted by Crippen LogP contribution is -2.51. The summed E-state index contributed by atoms with van der Waals surface area (Å²) in [5.74, 6) is -3.15. The predicted molar refractivity (Wildman–Crippen MR) is 163 cm³/mol. The van der Waals surface area contributed by atoms with Crippen molar-refractivity contribution in [3.8, 4) is 11.5 Å². The second-order valence-corrected chi connectivity index (χ2v) is 12.1. The summed E-state index contributed by atoms with van der Waals surface area (Å²) in [5.41, 5.74) is 4.03. The van der Waals surface area contributed by atoms with E-state index in [1.807, 2.05) is 36.4 Å². The standard InChI is InChI=1S/C36H30N2O6/c1-43-22-12-8-20(9-13-22)37-33(39)27-18-26(19-6-4-3-5-7-19)28-24-16-17-25(29(28)32(27)36(37)42)31-30(24)34(40)38(35(31)41)21-10-14-23(44-2)15-11-21/h3-17,24-25,27,29-32H,18H2,1-2H3/t24-,25-,27-,29-,30-,31+,32+/m1/s1. The molecule has 2 heterocycles. The van der Waals surface area contributed by atoms with Gasteiger partial charge in [0.15, 0.2) is 0 Å². The molecule has 0 spiro atoms. The van der Waals surface area contributed by atoms with E-state index in [9.17, 15) is 19.2 Å². The van der Waals surface area contributed by atoms with Crippen LogP contribution in [0.3, 0.4) is 0 Å². The number of anilines is 2. The Morgan fingerprint density at radius 1 is 0.591 bits per heavy atom. The molecule has 8 nitrogen and oxygen atoms in total. The first-order chi connectivity index (χ1) is 21.4. The molecule has 0 aromatic heterocycles. The normalized spacial score (nSPS) is 30.1. The molecule has 2 saturated heterocycles. The Labute approximate surface area is 254 Å². The van der Waals surface area contributed by atoms with Crippen molar-refractivity contribution in [2.75, 3.05) is 24.0 Å². The van der Waals surface area contributed by atoms with E-state index in [4.69, 9.17) is 9.47 Å². The van der Waals surface area contributed by atoms with Crippen molar-refractivity contribution < 1.29 is 28.7 Å². The molecule has 0 radical (unpaired) electrons. The molecule has 0 N–H and O–H groups in total. The van der Waals surface area contributed by atoms with Crippen LogP contribution < -0.4 is 19.3 Å². The van der Waals surface area contributed by atoms with Crippen molar-refractivity contribution >= 4 is 40.6 Å². The number of carbonyl (C=O) groups excluding carboxylic acids is 4. The van der Waals surface area contributed by atoms with Crippen molar-refractivity contribution in [3.05, 3.63) is 102 Å². The van der Waals surface area contributed by atoms with E-state index in [0.29, 0.717) is 29.3 Å². The van der Waals surface area contributed by atoms with Crippen LogP contribution in [0, 0.1) is 41.4 Å². The molecular weight excluding hydrogens is 556 g/mol. The molecule has 4 aliphatic carbocycles. The minimum absolute atomic E-state index is 0.223. The SMILES string of the molecule is COc1ccc(N2C(=O)[C@H]3[C@@H]4C=C[C@H](C5=C(c6ccccc6)C[C@H]6C(=O)N(c7ccc(OC)cc7)C(=O)[C@@H]6[C@@H]54)[C@H]3C2=O)cc1. The largest absolute Gasteiger partial charge is 0.497 e. The van der Waals surface area contributed by atoms with Crippen molar-refractivity contribution in [1.82, 2.24) is 0 Å². The van der Waals surface area contributed by atoms with Gasteiger partial charge in [-0.05, 0) is 72.0 Å². The Balaban J connectivity index is 1.25. The Morgan fingerprint density at radius 2 is 1.14 bits per heavy atom. The Hall–Kier alpha value is -4.98. The lowest BCUT2D eigenvalue weighted by molar-refractivity contribution is -0.129. The number of benzene rings is 3. The van der Waals surface area contributed by atoms with Gasteiger partial charge in [0.05, 0.1) is 49.3 Å². The fourth-order valence-corrected chi connectivity index (χ4v) is 8.49. The van der Waals surface area contributed by atoms with Crippen LogP contribution in [0.4, 0.5) is 11.4 Å². The zero-order valence-corrected chi connectivity index (χ0v) is 24.3. The third-order valence-electron chi connectivity index (χ3n) is 10.3. The molecule has 2 aliphatic heterocycles. The third kappa shape index (κ3) is 3.57. The van der Waals surface area contributed by atoms with Crippen LogP contribution >= 0.6 is 0 Å². The summed E-state index contributed by atoms with van der Waals surface area (Å²) in [6, 6.07) is 23.8. The first-order valence-corrected chi connectivity index (χ1v) is 14.9. The van der Waals surface area contributed by atoms with E-state index in [0.717, 1.165) is 16.7 Å². The summed E-state index contributed by atoms with van der Waals surface area (Å²) in [7, 11) is 3.13. The van der Waals surface area contributed by atoms with Gasteiger partial charge in [-0.2, -0.15) is 0 Å². The van der Waals surface area contributed by atoms with E-state index >= 15 is 0 Å². The average molecular weight is 587 g/mol. The van der Waals surface area contributed by atoms with E-state index in [-0.39, 0.29) is 35.5 Å². The molecule has 220 valence electrons. The van der Waals surface area contributed by atoms with Gasteiger partial charge in [0, 0.05) is 11.8 Å². The highest BCUT2D eigenvalue weighted by Crippen LogP contribution is 2.63. The topological polar surface area (TPSA) is 93.2 Å². The predicted octanol–water partition coefficient (Wildman–Crippen LogP) is 4.90. The zero-order chi connectivity index (χ0) is 30.3. The van der Waals surface area contributed by atoms with Crippen LogP contribution in [0.5, 0.6) is 11.5 Å². The minimum atomic E-state index is -0.622. The van der Waals surface area contributed by atoms with Crippen molar-refractivity contribution in [1.29, 1.82) is 0 Å². The van der Waals surface area contributed by atoms with Gasteiger partial charge < -0.3 is 9.47 Å². The second-order valence-electron chi connectivity index (χ2n) is 12.1. The van der Waals surface area contributed by atoms with Crippen molar-refractivity contribution in [2.24, 2.45) is 41.4 Å². The van der Waals surface area contributed by atoms with Crippen LogP contribution in [0.25, 0.3) is 5.57 Å². The maximum absolute atomic E-state index is 14.3. The molecule has 9 rings (SSSR count). The Bertz CT molecular complexity index is 1780. The van der Waals surface area contributed by atoms with E-state index in [2.05, 4.69) is 6.08 Å². The highest BCUT2D eigenvalue weighted by Gasteiger charge is 2.67. The lowest BCUT2D eigenvalue weighted by Gasteiger charge is -2.51. The van der Waals surface area contributed by atoms with Gasteiger partial charge in [-0.1, -0.05) is 48.1 Å². The van der Waals surface area contributed by atoms with Crippen LogP contribution in [-0.2, 0) is 19.2 Å². The Morgan fingerprint density at radius 3 is 1.73 bits per heavy atom. The number of imide groups is 2. The summed E-state index contributed by atoms with van der Waals surface area (Å²) in [5, 5.41) is 0. The quantitative estimate of drug-likeness (QED) is 0.312.